The highest BCUT2D eigenvalue weighted by atomic mass is 35.5. The van der Waals surface area contributed by atoms with E-state index < -0.39 is 11.4 Å². The summed E-state index contributed by atoms with van der Waals surface area (Å²) in [6, 6.07) is 11.7. The van der Waals surface area contributed by atoms with Gasteiger partial charge in [0.15, 0.2) is 5.78 Å². The van der Waals surface area contributed by atoms with Gasteiger partial charge in [-0.1, -0.05) is 30.7 Å². The summed E-state index contributed by atoms with van der Waals surface area (Å²) in [5, 5.41) is 1.32. The Balaban J connectivity index is 2.35. The molecule has 2 N–H and O–H groups in total. The zero-order chi connectivity index (χ0) is 17.5. The second kappa shape index (κ2) is 5.95. The molecule has 3 rings (SSSR count). The number of rotatable bonds is 4. The van der Waals surface area contributed by atoms with Crippen LogP contribution in [0.5, 0.6) is 0 Å². The van der Waals surface area contributed by atoms with Gasteiger partial charge in [0.05, 0.1) is 5.52 Å². The lowest BCUT2D eigenvalue weighted by molar-refractivity contribution is -0.123. The number of fused-ring (bicyclic) bond motifs is 1. The summed E-state index contributed by atoms with van der Waals surface area (Å²) < 4.78 is 15.7. The van der Waals surface area contributed by atoms with Crippen LogP contribution in [0.2, 0.25) is 5.02 Å². The van der Waals surface area contributed by atoms with E-state index in [0.29, 0.717) is 22.6 Å². The highest BCUT2D eigenvalue weighted by molar-refractivity contribution is 6.30. The van der Waals surface area contributed by atoms with Crippen LogP contribution in [0, 0.1) is 5.82 Å². The fourth-order valence-corrected chi connectivity index (χ4v) is 3.55. The van der Waals surface area contributed by atoms with Gasteiger partial charge in [-0.25, -0.2) is 4.39 Å². The first-order chi connectivity index (χ1) is 11.4. The SMILES string of the molecule is CCC(C(C)=O)(c1ccc(Cl)cc1)n1ccc2c(N)cc(F)cc21. The largest absolute Gasteiger partial charge is 0.398 e. The molecule has 124 valence electrons. The average Bonchev–Trinajstić information content (AvgIpc) is 2.94. The molecule has 1 unspecified atom stereocenters. The van der Waals surface area contributed by atoms with Gasteiger partial charge in [0, 0.05) is 22.3 Å². The quantitative estimate of drug-likeness (QED) is 0.694. The van der Waals surface area contributed by atoms with Crippen molar-refractivity contribution >= 4 is 34.0 Å². The van der Waals surface area contributed by atoms with Crippen LogP contribution in [0.15, 0.2) is 48.7 Å². The van der Waals surface area contributed by atoms with Crippen molar-refractivity contribution in [2.75, 3.05) is 5.73 Å². The molecule has 0 amide bonds. The lowest BCUT2D eigenvalue weighted by Gasteiger charge is -2.33. The molecule has 0 saturated heterocycles. The van der Waals surface area contributed by atoms with Crippen molar-refractivity contribution < 1.29 is 9.18 Å². The van der Waals surface area contributed by atoms with Crippen molar-refractivity contribution in [3.63, 3.8) is 0 Å². The molecule has 0 aliphatic heterocycles. The third kappa shape index (κ3) is 2.38. The zero-order valence-corrected chi connectivity index (χ0v) is 14.3. The summed E-state index contributed by atoms with van der Waals surface area (Å²) in [6.45, 7) is 3.48. The Bertz CT molecular complexity index is 917. The van der Waals surface area contributed by atoms with E-state index in [1.165, 1.54) is 12.1 Å². The van der Waals surface area contributed by atoms with Gasteiger partial charge in [-0.2, -0.15) is 0 Å². The summed E-state index contributed by atoms with van der Waals surface area (Å²) in [4.78, 5) is 12.7. The van der Waals surface area contributed by atoms with Gasteiger partial charge < -0.3 is 10.3 Å². The van der Waals surface area contributed by atoms with Gasteiger partial charge in [-0.05, 0) is 49.2 Å². The van der Waals surface area contributed by atoms with E-state index in [1.54, 1.807) is 25.3 Å². The molecule has 1 atom stereocenters. The number of ketones is 1. The average molecular weight is 345 g/mol. The van der Waals surface area contributed by atoms with Crippen LogP contribution in [-0.4, -0.2) is 10.4 Å². The Kier molecular flexibility index (Phi) is 4.10. The molecule has 0 bridgehead atoms. The number of halogens is 2. The first kappa shape index (κ1) is 16.5. The highest BCUT2D eigenvalue weighted by Crippen LogP contribution is 2.37. The maximum atomic E-state index is 13.9. The molecule has 0 aliphatic carbocycles. The number of Topliss-reactive ketones (excluding diaryl/α,β-unsaturated/α-hetero) is 1. The van der Waals surface area contributed by atoms with Crippen LogP contribution >= 0.6 is 11.6 Å². The summed E-state index contributed by atoms with van der Waals surface area (Å²) in [6.07, 6.45) is 2.31. The van der Waals surface area contributed by atoms with E-state index in [2.05, 4.69) is 0 Å². The van der Waals surface area contributed by atoms with Crippen LogP contribution < -0.4 is 5.73 Å². The molecular weight excluding hydrogens is 327 g/mol. The number of carbonyl (C=O) groups excluding carboxylic acids is 1. The molecule has 5 heteroatoms. The lowest BCUT2D eigenvalue weighted by atomic mass is 9.83. The highest BCUT2D eigenvalue weighted by Gasteiger charge is 2.38. The fraction of sp³-hybridized carbons (Fsp3) is 0.211. The van der Waals surface area contributed by atoms with Gasteiger partial charge in [0.2, 0.25) is 0 Å². The van der Waals surface area contributed by atoms with Gasteiger partial charge in [0.1, 0.15) is 11.4 Å². The lowest BCUT2D eigenvalue weighted by Crippen LogP contribution is -2.40. The van der Waals surface area contributed by atoms with Crippen LogP contribution in [-0.2, 0) is 10.3 Å². The van der Waals surface area contributed by atoms with Crippen LogP contribution in [0.25, 0.3) is 10.9 Å². The predicted octanol–water partition coefficient (Wildman–Crippen LogP) is 4.76. The Morgan fingerprint density at radius 2 is 1.92 bits per heavy atom. The Morgan fingerprint density at radius 3 is 2.50 bits per heavy atom. The minimum atomic E-state index is -0.938. The molecule has 0 saturated carbocycles. The molecule has 3 aromatic rings. The molecule has 24 heavy (non-hydrogen) atoms. The van der Waals surface area contributed by atoms with Crippen LogP contribution in [0.3, 0.4) is 0 Å². The summed E-state index contributed by atoms with van der Waals surface area (Å²) in [7, 11) is 0. The number of hydrogen-bond donors (Lipinski definition) is 1. The second-order valence-corrected chi connectivity index (χ2v) is 6.33. The summed E-state index contributed by atoms with van der Waals surface area (Å²) >= 11 is 5.99. The molecule has 3 nitrogen and oxygen atoms in total. The molecule has 0 aliphatic rings. The second-order valence-electron chi connectivity index (χ2n) is 5.89. The van der Waals surface area contributed by atoms with Crippen LogP contribution in [0.1, 0.15) is 25.8 Å². The maximum absolute atomic E-state index is 13.9. The van der Waals surface area contributed by atoms with Crippen molar-refractivity contribution in [1.82, 2.24) is 4.57 Å². The molecule has 0 spiro atoms. The summed E-state index contributed by atoms with van der Waals surface area (Å²) in [5.74, 6) is -0.461. The van der Waals surface area contributed by atoms with Crippen molar-refractivity contribution in [3.8, 4) is 0 Å². The molecule has 1 heterocycles. The number of hydrogen-bond acceptors (Lipinski definition) is 2. The van der Waals surface area contributed by atoms with Crippen molar-refractivity contribution in [2.45, 2.75) is 25.8 Å². The van der Waals surface area contributed by atoms with Crippen molar-refractivity contribution in [3.05, 3.63) is 65.1 Å². The van der Waals surface area contributed by atoms with E-state index in [1.807, 2.05) is 29.7 Å². The number of aromatic nitrogens is 1. The Labute approximate surface area is 144 Å². The minimum absolute atomic E-state index is 0.0346. The molecule has 1 aromatic heterocycles. The predicted molar refractivity (Wildman–Crippen MR) is 95.8 cm³/mol. The van der Waals surface area contributed by atoms with Crippen LogP contribution in [0.4, 0.5) is 10.1 Å². The fourth-order valence-electron chi connectivity index (χ4n) is 3.43. The van der Waals surface area contributed by atoms with E-state index >= 15 is 0 Å². The van der Waals surface area contributed by atoms with Crippen molar-refractivity contribution in [2.24, 2.45) is 0 Å². The first-order valence-corrected chi connectivity index (χ1v) is 8.11. The van der Waals surface area contributed by atoms with Gasteiger partial charge in [-0.3, -0.25) is 4.79 Å². The number of benzene rings is 2. The molecule has 2 aromatic carbocycles. The topological polar surface area (TPSA) is 48.0 Å². The number of nitrogens with two attached hydrogens (primary N) is 1. The molecule has 0 fully saturated rings. The van der Waals surface area contributed by atoms with E-state index in [9.17, 15) is 9.18 Å². The van der Waals surface area contributed by atoms with Gasteiger partial charge in [-0.15, -0.1) is 0 Å². The minimum Gasteiger partial charge on any atom is -0.398 e. The van der Waals surface area contributed by atoms with Gasteiger partial charge >= 0.3 is 0 Å². The Morgan fingerprint density at radius 1 is 1.25 bits per heavy atom. The van der Waals surface area contributed by atoms with Crippen molar-refractivity contribution in [1.29, 1.82) is 0 Å². The van der Waals surface area contributed by atoms with E-state index in [4.69, 9.17) is 17.3 Å². The number of nitrogen functional groups attached to an aromatic ring is 1. The third-order valence-corrected chi connectivity index (χ3v) is 4.88. The standard InChI is InChI=1S/C19H18ClFN2O/c1-3-19(12(2)24,13-4-6-14(20)7-5-13)23-9-8-16-17(22)10-15(21)11-18(16)23/h4-11H,3,22H2,1-2H3. The number of nitrogens with zero attached hydrogens (tertiary/aromatic N) is 1. The van der Waals surface area contributed by atoms with E-state index in [0.717, 1.165) is 10.9 Å². The summed E-state index contributed by atoms with van der Waals surface area (Å²) in [5.41, 5.74) is 6.76. The van der Waals surface area contributed by atoms with Gasteiger partial charge in [0.25, 0.3) is 0 Å². The van der Waals surface area contributed by atoms with E-state index in [-0.39, 0.29) is 5.78 Å². The Hall–Kier alpha value is -2.33. The smallest absolute Gasteiger partial charge is 0.160 e. The molecular formula is C19H18ClFN2O. The first-order valence-electron chi connectivity index (χ1n) is 7.73. The third-order valence-electron chi connectivity index (χ3n) is 4.63. The number of carbonyl (C=O) groups is 1. The number of anilines is 1. The zero-order valence-electron chi connectivity index (χ0n) is 13.5. The molecule has 0 radical (unpaired) electrons. The monoisotopic (exact) mass is 344 g/mol. The maximum Gasteiger partial charge on any atom is 0.160 e. The normalized spacial score (nSPS) is 13.8.